The first kappa shape index (κ1) is 16.9. The summed E-state index contributed by atoms with van der Waals surface area (Å²) in [5, 5.41) is 13.7. The van der Waals surface area contributed by atoms with Crippen LogP contribution in [-0.2, 0) is 4.74 Å². The number of aliphatic imine (C=N–C) groups is 1. The fraction of sp³-hybridized carbons (Fsp3) is 0.353. The Morgan fingerprint density at radius 2 is 1.82 bits per heavy atom. The van der Waals surface area contributed by atoms with Crippen molar-refractivity contribution in [1.29, 1.82) is 0 Å². The summed E-state index contributed by atoms with van der Waals surface area (Å²) in [7, 11) is 0. The van der Waals surface area contributed by atoms with Gasteiger partial charge in [0, 0.05) is 20.8 Å². The van der Waals surface area contributed by atoms with Gasteiger partial charge in [0.25, 0.3) is 0 Å². The van der Waals surface area contributed by atoms with E-state index >= 15 is 0 Å². The number of halogens is 1. The largest absolute Gasteiger partial charge is 0.594 e. The van der Waals surface area contributed by atoms with Gasteiger partial charge in [-0.25, -0.2) is 4.99 Å². The van der Waals surface area contributed by atoms with E-state index < -0.39 is 11.7 Å². The zero-order valence-corrected chi connectivity index (χ0v) is 15.1. The Morgan fingerprint density at radius 3 is 2.45 bits per heavy atom. The molecule has 0 bridgehead atoms. The highest BCUT2D eigenvalue weighted by Crippen LogP contribution is 2.33. The molecule has 0 aliphatic carbocycles. The number of hydrogen-bond donors (Lipinski definition) is 0. The van der Waals surface area contributed by atoms with Gasteiger partial charge in [0.2, 0.25) is 0 Å². The number of ether oxygens (including phenoxy) is 2. The third-order valence-electron chi connectivity index (χ3n) is 2.80. The number of fused-ring (bicyclic) bond motifs is 1. The van der Waals surface area contributed by atoms with Crippen LogP contribution in [-0.4, -0.2) is 22.7 Å². The first-order valence-electron chi connectivity index (χ1n) is 7.06. The third kappa shape index (κ3) is 4.50. The van der Waals surface area contributed by atoms with Crippen LogP contribution in [0.3, 0.4) is 0 Å². The van der Waals surface area contributed by atoms with Crippen LogP contribution in [0.15, 0.2) is 41.4 Å². The van der Waals surface area contributed by atoms with E-state index in [1.54, 1.807) is 6.07 Å². The van der Waals surface area contributed by atoms with Crippen LogP contribution in [0.25, 0.3) is 10.8 Å². The molecule has 0 aliphatic heterocycles. The lowest BCUT2D eigenvalue weighted by Gasteiger charge is -2.29. The van der Waals surface area contributed by atoms with Gasteiger partial charge in [0.1, 0.15) is 5.75 Å². The van der Waals surface area contributed by atoms with Crippen LogP contribution >= 0.6 is 22.6 Å². The molecule has 2 rings (SSSR count). The van der Waals surface area contributed by atoms with Crippen molar-refractivity contribution < 1.29 is 14.6 Å². The Hall–Kier alpha value is -1.50. The molecular formula is C17H19INO3-. The summed E-state index contributed by atoms with van der Waals surface area (Å²) in [6, 6.07) is 11.4. The van der Waals surface area contributed by atoms with E-state index in [4.69, 9.17) is 9.47 Å². The third-order valence-corrected chi connectivity index (χ3v) is 3.24. The molecule has 118 valence electrons. The van der Waals surface area contributed by atoms with E-state index in [0.29, 0.717) is 12.3 Å². The van der Waals surface area contributed by atoms with E-state index in [0.717, 1.165) is 20.9 Å². The van der Waals surface area contributed by atoms with Crippen molar-refractivity contribution in [2.45, 2.75) is 26.4 Å². The molecule has 0 radical (unpaired) electrons. The summed E-state index contributed by atoms with van der Waals surface area (Å²) in [6.07, 6.45) is -0.585. The molecule has 0 saturated heterocycles. The van der Waals surface area contributed by atoms with E-state index in [-0.39, 0.29) is 0 Å². The summed E-state index contributed by atoms with van der Waals surface area (Å²) in [5.41, 5.74) is 0.0337. The molecular weight excluding hydrogens is 393 g/mol. The van der Waals surface area contributed by atoms with Gasteiger partial charge in [-0.05, 0) is 12.1 Å². The average molecular weight is 412 g/mol. The minimum Gasteiger partial charge on any atom is -0.594 e. The summed E-state index contributed by atoms with van der Waals surface area (Å²) < 4.78 is 11.9. The second kappa shape index (κ2) is 7.17. The highest BCUT2D eigenvalue weighted by Gasteiger charge is 2.08. The lowest BCUT2D eigenvalue weighted by molar-refractivity contribution is -0.259. The van der Waals surface area contributed by atoms with Crippen LogP contribution in [0, 0.1) is 0 Å². The van der Waals surface area contributed by atoms with E-state index in [9.17, 15) is 5.11 Å². The lowest BCUT2D eigenvalue weighted by Crippen LogP contribution is -2.31. The Bertz CT molecular complexity index is 677. The topological polar surface area (TPSA) is 53.9 Å². The highest BCUT2D eigenvalue weighted by molar-refractivity contribution is 14.1. The maximum absolute atomic E-state index is 11.9. The molecule has 2 aromatic rings. The van der Waals surface area contributed by atoms with Crippen LogP contribution < -0.4 is 9.84 Å². The lowest BCUT2D eigenvalue weighted by atomic mass is 10.1. The molecule has 22 heavy (non-hydrogen) atoms. The molecule has 4 nitrogen and oxygen atoms in total. The summed E-state index contributed by atoms with van der Waals surface area (Å²) >= 11 is 2.27. The second-order valence-electron chi connectivity index (χ2n) is 5.76. The second-order valence-corrected chi connectivity index (χ2v) is 6.84. The molecule has 0 fully saturated rings. The molecule has 0 N–H and O–H groups in total. The molecule has 0 aromatic heterocycles. The van der Waals surface area contributed by atoms with Crippen molar-refractivity contribution in [2.75, 3.05) is 11.0 Å². The summed E-state index contributed by atoms with van der Waals surface area (Å²) in [6.45, 7) is 6.10. The van der Waals surface area contributed by atoms with E-state index in [1.807, 2.05) is 51.1 Å². The van der Waals surface area contributed by atoms with Crippen LogP contribution in [0.2, 0.25) is 0 Å². The Morgan fingerprint density at radius 1 is 1.14 bits per heavy atom. The molecule has 0 aliphatic rings. The number of nitrogens with zero attached hydrogens (tertiary/aromatic N) is 1. The molecule has 0 heterocycles. The monoisotopic (exact) mass is 412 g/mol. The van der Waals surface area contributed by atoms with Gasteiger partial charge in [-0.2, -0.15) is 0 Å². The van der Waals surface area contributed by atoms with Crippen LogP contribution in [0.5, 0.6) is 5.75 Å². The fourth-order valence-electron chi connectivity index (χ4n) is 2.01. The SMILES string of the molecule is CC(C)(C)OC([O-])=Nc1ccc(OCCI)c2ccccc12. The van der Waals surface area contributed by atoms with E-state index in [2.05, 4.69) is 27.6 Å². The van der Waals surface area contributed by atoms with Gasteiger partial charge in [0.15, 0.2) is 6.08 Å². The van der Waals surface area contributed by atoms with Gasteiger partial charge in [-0.1, -0.05) is 67.6 Å². The number of rotatable bonds is 4. The van der Waals surface area contributed by atoms with E-state index in [1.165, 1.54) is 0 Å². The molecule has 0 spiro atoms. The van der Waals surface area contributed by atoms with Crippen molar-refractivity contribution in [3.63, 3.8) is 0 Å². The van der Waals surface area contributed by atoms with Crippen molar-refractivity contribution >= 4 is 45.1 Å². The average Bonchev–Trinajstić information content (AvgIpc) is 2.44. The van der Waals surface area contributed by atoms with Crippen LogP contribution in [0.1, 0.15) is 20.8 Å². The zero-order valence-electron chi connectivity index (χ0n) is 12.9. The Labute approximate surface area is 144 Å². The quantitative estimate of drug-likeness (QED) is 0.332. The summed E-state index contributed by atoms with van der Waals surface area (Å²) in [4.78, 5) is 4.08. The first-order chi connectivity index (χ1) is 10.4. The first-order valence-corrected chi connectivity index (χ1v) is 8.58. The smallest absolute Gasteiger partial charge is 0.151 e. The Balaban J connectivity index is 2.42. The summed E-state index contributed by atoms with van der Waals surface area (Å²) in [5.74, 6) is 0.801. The van der Waals surface area contributed by atoms with Gasteiger partial charge in [-0.15, -0.1) is 0 Å². The minimum absolute atomic E-state index is 0.556. The van der Waals surface area contributed by atoms with Gasteiger partial charge < -0.3 is 14.6 Å². The van der Waals surface area contributed by atoms with Crippen molar-refractivity contribution in [3.8, 4) is 5.75 Å². The van der Waals surface area contributed by atoms with Gasteiger partial charge in [-0.3, -0.25) is 0 Å². The Kier molecular flexibility index (Phi) is 5.50. The van der Waals surface area contributed by atoms with Crippen LogP contribution in [0.4, 0.5) is 5.69 Å². The molecule has 0 unspecified atom stereocenters. The molecule has 0 atom stereocenters. The normalized spacial score (nSPS) is 12.5. The van der Waals surface area contributed by atoms with Crippen molar-refractivity contribution in [2.24, 2.45) is 4.99 Å². The molecule has 5 heteroatoms. The maximum Gasteiger partial charge on any atom is 0.151 e. The number of alkyl halides is 1. The predicted molar refractivity (Wildman–Crippen MR) is 96.3 cm³/mol. The fourth-order valence-corrected chi connectivity index (χ4v) is 2.23. The maximum atomic E-state index is 11.9. The zero-order chi connectivity index (χ0) is 16.2. The van der Waals surface area contributed by atoms with Gasteiger partial charge >= 0.3 is 0 Å². The molecule has 0 saturated carbocycles. The van der Waals surface area contributed by atoms with Crippen molar-refractivity contribution in [3.05, 3.63) is 36.4 Å². The molecule has 0 amide bonds. The van der Waals surface area contributed by atoms with Gasteiger partial charge in [0.05, 0.1) is 12.3 Å². The van der Waals surface area contributed by atoms with Crippen molar-refractivity contribution in [1.82, 2.24) is 0 Å². The predicted octanol–water partition coefficient (Wildman–Crippen LogP) is 3.82. The molecule has 2 aromatic carbocycles. The number of hydrogen-bond acceptors (Lipinski definition) is 4. The number of benzene rings is 2. The highest BCUT2D eigenvalue weighted by atomic mass is 127. The minimum atomic E-state index is -0.585. The standard InChI is InChI=1S/C17H20INO3/c1-17(2,3)22-16(20)19-14-8-9-15(21-11-10-18)13-7-5-4-6-12(13)14/h4-9H,10-11H2,1-3H3,(H,19,20)/p-1.